The lowest BCUT2D eigenvalue weighted by atomic mass is 10.2. The van der Waals surface area contributed by atoms with Crippen LogP contribution in [0, 0.1) is 0 Å². The first-order chi connectivity index (χ1) is 9.08. The van der Waals surface area contributed by atoms with Gasteiger partial charge in [-0.1, -0.05) is 66.2 Å². The summed E-state index contributed by atoms with van der Waals surface area (Å²) in [4.78, 5) is 13.6. The molecule has 0 heterocycles. The van der Waals surface area contributed by atoms with E-state index in [1.165, 1.54) is 6.42 Å². The third kappa shape index (κ3) is 14.9. The van der Waals surface area contributed by atoms with E-state index in [0.717, 1.165) is 25.0 Å². The molecule has 114 valence electrons. The average Bonchev–Trinajstić information content (AvgIpc) is 2.41. The zero-order valence-electron chi connectivity index (χ0n) is 14.4. The van der Waals surface area contributed by atoms with Crippen molar-refractivity contribution >= 4 is 5.91 Å². The lowest BCUT2D eigenvalue weighted by Crippen LogP contribution is -2.28. The van der Waals surface area contributed by atoms with Gasteiger partial charge in [-0.3, -0.25) is 4.79 Å². The molecule has 2 heteroatoms. The third-order valence-electron chi connectivity index (χ3n) is 1.92. The minimum atomic E-state index is 0.117. The molecule has 0 aliphatic heterocycles. The van der Waals surface area contributed by atoms with Crippen LogP contribution in [0.15, 0.2) is 23.8 Å². The van der Waals surface area contributed by atoms with Crippen LogP contribution in [0.2, 0.25) is 0 Å². The molecule has 0 aromatic heterocycles. The van der Waals surface area contributed by atoms with Gasteiger partial charge in [0.25, 0.3) is 5.91 Å². The topological polar surface area (TPSA) is 20.3 Å². The molecule has 0 bridgehead atoms. The second-order valence-corrected chi connectivity index (χ2v) is 4.00. The van der Waals surface area contributed by atoms with Crippen LogP contribution in [0.3, 0.4) is 0 Å². The Bertz CT molecular complexity index is 242. The van der Waals surface area contributed by atoms with E-state index in [-0.39, 0.29) is 5.91 Å². The molecule has 0 rings (SSSR count). The van der Waals surface area contributed by atoms with Crippen LogP contribution >= 0.6 is 0 Å². The average molecular weight is 269 g/mol. The molecule has 0 unspecified atom stereocenters. The van der Waals surface area contributed by atoms with Crippen LogP contribution in [0.25, 0.3) is 0 Å². The predicted molar refractivity (Wildman–Crippen MR) is 88.4 cm³/mol. The Balaban J connectivity index is -0.000000445. The molecule has 0 aliphatic carbocycles. The summed E-state index contributed by atoms with van der Waals surface area (Å²) in [7, 11) is 1.85. The number of amides is 1. The van der Waals surface area contributed by atoms with Crippen LogP contribution in [0.4, 0.5) is 0 Å². The standard InChI is InChI=1S/C12H21NO.C3H8.C2H6/c1-5-8-11(9-6-2)12(14)13(4)10-7-3;1-3-2;1-2/h5,8-9H,6-7,10H2,1-4H3;3H2,1-2H3;1-2H3/b8-5-,11-9+;;. The molecule has 0 N–H and O–H groups in total. The molecule has 0 atom stereocenters. The highest BCUT2D eigenvalue weighted by molar-refractivity contribution is 5.95. The number of rotatable bonds is 5. The maximum absolute atomic E-state index is 11.8. The van der Waals surface area contributed by atoms with Crippen molar-refractivity contribution in [2.45, 2.75) is 67.7 Å². The summed E-state index contributed by atoms with van der Waals surface area (Å²) < 4.78 is 0. The highest BCUT2D eigenvalue weighted by Crippen LogP contribution is 2.04. The highest BCUT2D eigenvalue weighted by Gasteiger charge is 2.10. The number of allylic oxidation sites excluding steroid dienone is 2. The SMILES string of the molecule is C/C=C\C(=C/CC)C(=O)N(C)CCC.CC.CCC. The van der Waals surface area contributed by atoms with Crippen molar-refractivity contribution in [3.63, 3.8) is 0 Å². The maximum Gasteiger partial charge on any atom is 0.253 e. The summed E-state index contributed by atoms with van der Waals surface area (Å²) in [5.41, 5.74) is 0.797. The van der Waals surface area contributed by atoms with Crippen molar-refractivity contribution in [1.82, 2.24) is 4.90 Å². The van der Waals surface area contributed by atoms with Crippen molar-refractivity contribution in [2.75, 3.05) is 13.6 Å². The van der Waals surface area contributed by atoms with E-state index in [1.54, 1.807) is 4.90 Å². The summed E-state index contributed by atoms with van der Waals surface area (Å²) in [6.07, 6.45) is 8.88. The van der Waals surface area contributed by atoms with Crippen LogP contribution in [0.5, 0.6) is 0 Å². The molecule has 19 heavy (non-hydrogen) atoms. The molecule has 2 nitrogen and oxygen atoms in total. The first-order valence-corrected chi connectivity index (χ1v) is 7.67. The minimum absolute atomic E-state index is 0.117. The van der Waals surface area contributed by atoms with E-state index in [2.05, 4.69) is 20.8 Å². The first-order valence-electron chi connectivity index (χ1n) is 7.67. The molecular formula is C17H35NO. The van der Waals surface area contributed by atoms with E-state index >= 15 is 0 Å². The second kappa shape index (κ2) is 19.3. The quantitative estimate of drug-likeness (QED) is 0.495. The van der Waals surface area contributed by atoms with Crippen molar-refractivity contribution < 1.29 is 4.79 Å². The Morgan fingerprint density at radius 1 is 1.11 bits per heavy atom. The van der Waals surface area contributed by atoms with Crippen molar-refractivity contribution in [3.05, 3.63) is 23.8 Å². The number of nitrogens with zero attached hydrogens (tertiary/aromatic N) is 1. The number of carbonyl (C=O) groups is 1. The Labute approximate surface area is 121 Å². The minimum Gasteiger partial charge on any atom is -0.342 e. The summed E-state index contributed by atoms with van der Waals surface area (Å²) in [5, 5.41) is 0. The van der Waals surface area contributed by atoms with Crippen molar-refractivity contribution in [3.8, 4) is 0 Å². The fourth-order valence-electron chi connectivity index (χ4n) is 1.28. The molecule has 0 fully saturated rings. The van der Waals surface area contributed by atoms with Gasteiger partial charge in [-0.05, 0) is 19.8 Å². The van der Waals surface area contributed by atoms with Crippen molar-refractivity contribution in [2.24, 2.45) is 0 Å². The fourth-order valence-corrected chi connectivity index (χ4v) is 1.28. The van der Waals surface area contributed by atoms with Crippen LogP contribution < -0.4 is 0 Å². The Kier molecular flexibility index (Phi) is 23.4. The molecule has 0 aliphatic rings. The molecule has 1 amide bonds. The molecule has 0 saturated heterocycles. The zero-order valence-corrected chi connectivity index (χ0v) is 14.4. The Morgan fingerprint density at radius 2 is 1.58 bits per heavy atom. The van der Waals surface area contributed by atoms with Crippen LogP contribution in [0.1, 0.15) is 67.7 Å². The molecule has 0 saturated carbocycles. The Morgan fingerprint density at radius 3 is 1.89 bits per heavy atom. The third-order valence-corrected chi connectivity index (χ3v) is 1.92. The smallest absolute Gasteiger partial charge is 0.253 e. The summed E-state index contributed by atoms with van der Waals surface area (Å²) in [6, 6.07) is 0. The zero-order chi connectivity index (χ0) is 15.7. The van der Waals surface area contributed by atoms with E-state index in [1.807, 2.05) is 53.0 Å². The number of likely N-dealkylation sites (N-methyl/N-ethyl adjacent to an activating group) is 1. The van der Waals surface area contributed by atoms with Gasteiger partial charge in [-0.15, -0.1) is 0 Å². The maximum atomic E-state index is 11.8. The normalized spacial score (nSPS) is 10.2. The van der Waals surface area contributed by atoms with E-state index in [0.29, 0.717) is 0 Å². The van der Waals surface area contributed by atoms with Gasteiger partial charge in [-0.2, -0.15) is 0 Å². The molecular weight excluding hydrogens is 234 g/mol. The molecule has 0 spiro atoms. The fraction of sp³-hybridized carbons (Fsp3) is 0.706. The first kappa shape index (κ1) is 23.1. The number of carbonyl (C=O) groups excluding carboxylic acids is 1. The largest absolute Gasteiger partial charge is 0.342 e. The summed E-state index contributed by atoms with van der Waals surface area (Å²) >= 11 is 0. The number of hydrogen-bond donors (Lipinski definition) is 0. The lowest BCUT2D eigenvalue weighted by molar-refractivity contribution is -0.125. The summed E-state index contributed by atoms with van der Waals surface area (Å²) in [6.45, 7) is 15.1. The highest BCUT2D eigenvalue weighted by atomic mass is 16.2. The van der Waals surface area contributed by atoms with Gasteiger partial charge in [0.15, 0.2) is 0 Å². The van der Waals surface area contributed by atoms with Crippen LogP contribution in [-0.2, 0) is 4.79 Å². The van der Waals surface area contributed by atoms with Crippen LogP contribution in [-0.4, -0.2) is 24.4 Å². The monoisotopic (exact) mass is 269 g/mol. The lowest BCUT2D eigenvalue weighted by Gasteiger charge is -2.16. The molecule has 0 aromatic carbocycles. The van der Waals surface area contributed by atoms with E-state index < -0.39 is 0 Å². The summed E-state index contributed by atoms with van der Waals surface area (Å²) in [5.74, 6) is 0.117. The van der Waals surface area contributed by atoms with Gasteiger partial charge in [-0.25, -0.2) is 0 Å². The van der Waals surface area contributed by atoms with Gasteiger partial charge in [0.2, 0.25) is 0 Å². The molecule has 0 aromatic rings. The van der Waals surface area contributed by atoms with Crippen molar-refractivity contribution in [1.29, 1.82) is 0 Å². The van der Waals surface area contributed by atoms with Gasteiger partial charge >= 0.3 is 0 Å². The number of hydrogen-bond acceptors (Lipinski definition) is 1. The van der Waals surface area contributed by atoms with E-state index in [9.17, 15) is 4.79 Å². The predicted octanol–water partition coefficient (Wildman–Crippen LogP) is 5.21. The van der Waals surface area contributed by atoms with E-state index in [4.69, 9.17) is 0 Å². The van der Waals surface area contributed by atoms with Gasteiger partial charge in [0, 0.05) is 19.2 Å². The molecule has 0 radical (unpaired) electrons. The van der Waals surface area contributed by atoms with Gasteiger partial charge < -0.3 is 4.90 Å². The van der Waals surface area contributed by atoms with Gasteiger partial charge in [0.05, 0.1) is 0 Å². The second-order valence-electron chi connectivity index (χ2n) is 4.00. The van der Waals surface area contributed by atoms with Gasteiger partial charge in [0.1, 0.15) is 0 Å². The Hall–Kier alpha value is -1.05.